The highest BCUT2D eigenvalue weighted by Crippen LogP contribution is 2.30. The number of halogens is 4. The summed E-state index contributed by atoms with van der Waals surface area (Å²) in [4.78, 5) is -1.02. The van der Waals surface area contributed by atoms with Gasteiger partial charge in [0.25, 0.3) is 0 Å². The van der Waals surface area contributed by atoms with Crippen LogP contribution in [0.5, 0.6) is 0 Å². The van der Waals surface area contributed by atoms with E-state index in [4.69, 9.17) is 28.5 Å². The van der Waals surface area contributed by atoms with Crippen molar-refractivity contribution >= 4 is 39.1 Å². The van der Waals surface area contributed by atoms with Crippen molar-refractivity contribution in [3.8, 4) is 6.07 Å². The summed E-state index contributed by atoms with van der Waals surface area (Å²) in [5, 5.41) is 9.14. The molecule has 0 aromatic heterocycles. The van der Waals surface area contributed by atoms with E-state index in [2.05, 4.69) is 0 Å². The maximum atomic E-state index is 13.2. The van der Waals surface area contributed by atoms with Gasteiger partial charge >= 0.3 is 0 Å². The summed E-state index contributed by atoms with van der Waals surface area (Å²) in [6, 6.07) is 8.06. The van der Waals surface area contributed by atoms with Gasteiger partial charge in [-0.2, -0.15) is 5.26 Å². The zero-order chi connectivity index (χ0) is 17.2. The fraction of sp³-hybridized carbons (Fsp3) is 0. The largest absolute Gasteiger partial charge is 0.218 e. The lowest BCUT2D eigenvalue weighted by atomic mass is 10.2. The molecule has 118 valence electrons. The molecule has 0 amide bonds. The molecular weight excluding hydrogens is 367 g/mol. The first kappa shape index (κ1) is 17.4. The summed E-state index contributed by atoms with van der Waals surface area (Å²) in [6.07, 6.45) is 0.926. The molecular formula is C15H7Cl2F2NO2S. The van der Waals surface area contributed by atoms with Crippen LogP contribution in [0.15, 0.2) is 46.2 Å². The second-order valence-electron chi connectivity index (χ2n) is 4.37. The Bertz CT molecular complexity index is 950. The molecule has 0 unspecified atom stereocenters. The fourth-order valence-electron chi connectivity index (χ4n) is 1.73. The van der Waals surface area contributed by atoms with E-state index in [0.717, 1.165) is 30.3 Å². The van der Waals surface area contributed by atoms with Crippen LogP contribution in [0, 0.1) is 23.0 Å². The Hall–Kier alpha value is -1.94. The predicted octanol–water partition coefficient (Wildman–Crippen LogP) is 4.61. The lowest BCUT2D eigenvalue weighted by molar-refractivity contribution is 0.508. The van der Waals surface area contributed by atoms with Gasteiger partial charge in [-0.05, 0) is 42.0 Å². The van der Waals surface area contributed by atoms with Gasteiger partial charge in [-0.3, -0.25) is 0 Å². The number of sulfone groups is 1. The minimum Gasteiger partial charge on any atom is -0.218 e. The maximum Gasteiger partial charge on any atom is 0.218 e. The van der Waals surface area contributed by atoms with Gasteiger partial charge < -0.3 is 0 Å². The molecule has 2 aromatic rings. The Balaban J connectivity index is 2.59. The summed E-state index contributed by atoms with van der Waals surface area (Å²) >= 11 is 11.6. The average Bonchev–Trinajstić information content (AvgIpc) is 2.50. The minimum atomic E-state index is -4.26. The molecule has 0 bridgehead atoms. The second kappa shape index (κ2) is 6.67. The zero-order valence-electron chi connectivity index (χ0n) is 11.2. The van der Waals surface area contributed by atoms with Gasteiger partial charge in [-0.1, -0.05) is 29.3 Å². The van der Waals surface area contributed by atoms with Gasteiger partial charge in [0.2, 0.25) is 9.84 Å². The van der Waals surface area contributed by atoms with Crippen LogP contribution in [0.25, 0.3) is 6.08 Å². The van der Waals surface area contributed by atoms with Crippen LogP contribution in [0.2, 0.25) is 10.0 Å². The quantitative estimate of drug-likeness (QED) is 0.738. The van der Waals surface area contributed by atoms with Crippen molar-refractivity contribution in [1.82, 2.24) is 0 Å². The van der Waals surface area contributed by atoms with Crippen molar-refractivity contribution in [2.75, 3.05) is 0 Å². The summed E-state index contributed by atoms with van der Waals surface area (Å²) in [7, 11) is -4.26. The fourth-order valence-corrected chi connectivity index (χ4v) is 3.64. The number of rotatable bonds is 3. The molecule has 0 saturated heterocycles. The van der Waals surface area contributed by atoms with Crippen molar-refractivity contribution in [3.63, 3.8) is 0 Å². The van der Waals surface area contributed by atoms with Crippen molar-refractivity contribution < 1.29 is 17.2 Å². The first-order chi connectivity index (χ1) is 10.8. The third-order valence-corrected chi connectivity index (χ3v) is 5.21. The van der Waals surface area contributed by atoms with E-state index in [0.29, 0.717) is 0 Å². The first-order valence-electron chi connectivity index (χ1n) is 6.02. The van der Waals surface area contributed by atoms with E-state index in [1.807, 2.05) is 0 Å². The van der Waals surface area contributed by atoms with Gasteiger partial charge in [0.1, 0.15) is 11.0 Å². The number of hydrogen-bond donors (Lipinski definition) is 0. The van der Waals surface area contributed by atoms with E-state index in [-0.39, 0.29) is 20.5 Å². The van der Waals surface area contributed by atoms with Gasteiger partial charge in [-0.25, -0.2) is 17.2 Å². The Labute approximate surface area is 141 Å². The molecule has 2 rings (SSSR count). The highest BCUT2D eigenvalue weighted by atomic mass is 35.5. The third kappa shape index (κ3) is 3.70. The van der Waals surface area contributed by atoms with Crippen LogP contribution in [-0.2, 0) is 9.84 Å². The van der Waals surface area contributed by atoms with Crippen LogP contribution >= 0.6 is 23.2 Å². The number of nitriles is 1. The Morgan fingerprint density at radius 1 is 1.09 bits per heavy atom. The molecule has 0 saturated carbocycles. The van der Waals surface area contributed by atoms with Crippen LogP contribution in [0.1, 0.15) is 5.56 Å². The number of allylic oxidation sites excluding steroid dienone is 1. The molecule has 8 heteroatoms. The topological polar surface area (TPSA) is 57.9 Å². The average molecular weight is 374 g/mol. The lowest BCUT2D eigenvalue weighted by Gasteiger charge is -2.06. The minimum absolute atomic E-state index is 0.0159. The van der Waals surface area contributed by atoms with Gasteiger partial charge in [0, 0.05) is 5.02 Å². The van der Waals surface area contributed by atoms with Crippen molar-refractivity contribution in [1.29, 1.82) is 5.26 Å². The van der Waals surface area contributed by atoms with Crippen molar-refractivity contribution in [2.45, 2.75) is 4.90 Å². The van der Waals surface area contributed by atoms with Crippen LogP contribution in [0.4, 0.5) is 8.78 Å². The van der Waals surface area contributed by atoms with E-state index in [1.165, 1.54) is 18.2 Å². The Morgan fingerprint density at radius 3 is 2.39 bits per heavy atom. The number of benzene rings is 2. The molecule has 0 fully saturated rings. The molecule has 3 nitrogen and oxygen atoms in total. The normalized spacial score (nSPS) is 12.0. The highest BCUT2D eigenvalue weighted by molar-refractivity contribution is 7.95. The van der Waals surface area contributed by atoms with E-state index in [9.17, 15) is 17.2 Å². The first-order valence-corrected chi connectivity index (χ1v) is 8.26. The summed E-state index contributed by atoms with van der Waals surface area (Å²) in [5.74, 6) is -2.24. The molecule has 0 radical (unpaired) electrons. The second-order valence-corrected chi connectivity index (χ2v) is 7.10. The molecule has 0 N–H and O–H groups in total. The lowest BCUT2D eigenvalue weighted by Crippen LogP contribution is -2.04. The molecule has 0 aliphatic heterocycles. The zero-order valence-corrected chi connectivity index (χ0v) is 13.6. The SMILES string of the molecule is N#C/C(=C\c1ccc(F)c(F)c1)S(=O)(=O)c1cc(Cl)ccc1Cl. The van der Waals surface area contributed by atoms with E-state index >= 15 is 0 Å². The van der Waals surface area contributed by atoms with Gasteiger partial charge in [-0.15, -0.1) is 0 Å². The Kier molecular flexibility index (Phi) is 5.05. The molecule has 0 aliphatic rings. The smallest absolute Gasteiger partial charge is 0.218 e. The summed E-state index contributed by atoms with van der Waals surface area (Å²) in [6.45, 7) is 0. The summed E-state index contributed by atoms with van der Waals surface area (Å²) in [5.41, 5.74) is 0.0159. The number of nitrogens with zero attached hydrogens (tertiary/aromatic N) is 1. The van der Waals surface area contributed by atoms with Crippen LogP contribution in [-0.4, -0.2) is 8.42 Å². The van der Waals surface area contributed by atoms with Crippen molar-refractivity contribution in [2.24, 2.45) is 0 Å². The third-order valence-electron chi connectivity index (χ3n) is 2.82. The number of hydrogen-bond acceptors (Lipinski definition) is 3. The molecule has 0 heterocycles. The molecule has 23 heavy (non-hydrogen) atoms. The van der Waals surface area contributed by atoms with Gasteiger partial charge in [0.15, 0.2) is 11.6 Å². The molecule has 0 atom stereocenters. The summed E-state index contributed by atoms with van der Waals surface area (Å²) < 4.78 is 51.1. The van der Waals surface area contributed by atoms with Crippen LogP contribution < -0.4 is 0 Å². The van der Waals surface area contributed by atoms with E-state index < -0.39 is 26.4 Å². The van der Waals surface area contributed by atoms with Crippen LogP contribution in [0.3, 0.4) is 0 Å². The Morgan fingerprint density at radius 2 is 1.78 bits per heavy atom. The maximum absolute atomic E-state index is 13.2. The molecule has 0 spiro atoms. The van der Waals surface area contributed by atoms with Crippen molar-refractivity contribution in [3.05, 3.63) is 68.5 Å². The predicted molar refractivity (Wildman–Crippen MR) is 83.6 cm³/mol. The van der Waals surface area contributed by atoms with E-state index in [1.54, 1.807) is 0 Å². The standard InChI is InChI=1S/C15H7Cl2F2NO2S/c16-10-2-3-12(17)15(7-10)23(21,22)11(8-20)5-9-1-4-13(18)14(19)6-9/h1-7H/b11-5+. The molecule has 0 aliphatic carbocycles. The monoisotopic (exact) mass is 373 g/mol. The highest BCUT2D eigenvalue weighted by Gasteiger charge is 2.24. The molecule has 2 aromatic carbocycles. The van der Waals surface area contributed by atoms with Gasteiger partial charge in [0.05, 0.1) is 9.92 Å².